The predicted octanol–water partition coefficient (Wildman–Crippen LogP) is 3.03. The molecule has 0 fully saturated rings. The predicted molar refractivity (Wildman–Crippen MR) is 94.2 cm³/mol. The van der Waals surface area contributed by atoms with Crippen LogP contribution in [0.1, 0.15) is 10.4 Å². The van der Waals surface area contributed by atoms with Gasteiger partial charge in [-0.25, -0.2) is 0 Å². The van der Waals surface area contributed by atoms with Crippen molar-refractivity contribution in [3.05, 3.63) is 51.7 Å². The van der Waals surface area contributed by atoms with Crippen molar-refractivity contribution in [1.29, 1.82) is 5.26 Å². The van der Waals surface area contributed by atoms with Gasteiger partial charge in [0, 0.05) is 11.4 Å². The molecular formula is C18H18N2O3S. The number of nitrogens with one attached hydrogen (secondary N) is 1. The standard InChI is InChI=1S/C18H18N2O3S/c1-22-16-6-5-13(10-17(16)23-2)7-8-20-18(21)14(12-19)11-15-4-3-9-24-15/h3-6,9-11H,7-8H2,1-2H3,(H,20,21)/b14-11+. The molecule has 0 unspecified atom stereocenters. The summed E-state index contributed by atoms with van der Waals surface area (Å²) in [4.78, 5) is 12.9. The molecule has 0 bridgehead atoms. The third-order valence-electron chi connectivity index (χ3n) is 3.34. The average molecular weight is 342 g/mol. The maximum atomic E-state index is 12.1. The number of carbonyl (C=O) groups is 1. The monoisotopic (exact) mass is 342 g/mol. The van der Waals surface area contributed by atoms with Crippen LogP contribution in [0.3, 0.4) is 0 Å². The van der Waals surface area contributed by atoms with E-state index in [1.54, 1.807) is 20.3 Å². The van der Waals surface area contributed by atoms with Gasteiger partial charge >= 0.3 is 0 Å². The summed E-state index contributed by atoms with van der Waals surface area (Å²) in [5.74, 6) is 0.943. The minimum absolute atomic E-state index is 0.102. The van der Waals surface area contributed by atoms with Gasteiger partial charge in [-0.2, -0.15) is 5.26 Å². The second kappa shape index (κ2) is 8.75. The maximum Gasteiger partial charge on any atom is 0.261 e. The number of hydrogen-bond donors (Lipinski definition) is 1. The Hall–Kier alpha value is -2.78. The molecule has 6 heteroatoms. The first-order valence-electron chi connectivity index (χ1n) is 7.32. The van der Waals surface area contributed by atoms with Crippen LogP contribution in [0.25, 0.3) is 6.08 Å². The number of rotatable bonds is 7. The smallest absolute Gasteiger partial charge is 0.261 e. The molecule has 2 rings (SSSR count). The Labute approximate surface area is 145 Å². The van der Waals surface area contributed by atoms with Gasteiger partial charge in [-0.3, -0.25) is 4.79 Å². The van der Waals surface area contributed by atoms with Gasteiger partial charge in [-0.05, 0) is 41.6 Å². The molecule has 1 aromatic heterocycles. The van der Waals surface area contributed by atoms with Gasteiger partial charge in [0.15, 0.2) is 11.5 Å². The van der Waals surface area contributed by atoms with Gasteiger partial charge in [0.05, 0.1) is 14.2 Å². The summed E-state index contributed by atoms with van der Waals surface area (Å²) in [6.07, 6.45) is 2.22. The number of carbonyl (C=O) groups excluding carboxylic acids is 1. The lowest BCUT2D eigenvalue weighted by atomic mass is 10.1. The number of amides is 1. The summed E-state index contributed by atoms with van der Waals surface area (Å²) in [6, 6.07) is 11.3. The molecule has 2 aromatic rings. The lowest BCUT2D eigenvalue weighted by Gasteiger charge is -2.10. The van der Waals surface area contributed by atoms with E-state index in [1.807, 2.05) is 41.8 Å². The molecule has 1 N–H and O–H groups in total. The fourth-order valence-electron chi connectivity index (χ4n) is 2.12. The molecule has 0 saturated carbocycles. The number of nitrogens with zero attached hydrogens (tertiary/aromatic N) is 1. The van der Waals surface area contributed by atoms with Crippen molar-refractivity contribution >= 4 is 23.3 Å². The van der Waals surface area contributed by atoms with E-state index in [2.05, 4.69) is 5.32 Å². The minimum Gasteiger partial charge on any atom is -0.493 e. The Morgan fingerprint density at radius 1 is 1.29 bits per heavy atom. The quantitative estimate of drug-likeness (QED) is 0.620. The van der Waals surface area contributed by atoms with Crippen LogP contribution in [-0.4, -0.2) is 26.7 Å². The zero-order chi connectivity index (χ0) is 17.4. The molecule has 0 aliphatic rings. The molecule has 1 aromatic carbocycles. The van der Waals surface area contributed by atoms with E-state index in [0.717, 1.165) is 10.4 Å². The topological polar surface area (TPSA) is 71.3 Å². The summed E-state index contributed by atoms with van der Waals surface area (Å²) < 4.78 is 10.4. The lowest BCUT2D eigenvalue weighted by molar-refractivity contribution is -0.117. The summed E-state index contributed by atoms with van der Waals surface area (Å²) in [5.41, 5.74) is 1.11. The third kappa shape index (κ3) is 4.61. The average Bonchev–Trinajstić information content (AvgIpc) is 3.12. The van der Waals surface area contributed by atoms with Crippen molar-refractivity contribution < 1.29 is 14.3 Å². The second-order valence-electron chi connectivity index (χ2n) is 4.88. The first-order chi connectivity index (χ1) is 11.7. The van der Waals surface area contributed by atoms with Crippen LogP contribution in [0.2, 0.25) is 0 Å². The van der Waals surface area contributed by atoms with E-state index in [0.29, 0.717) is 24.5 Å². The molecule has 0 spiro atoms. The van der Waals surface area contributed by atoms with Crippen LogP contribution >= 0.6 is 11.3 Å². The molecule has 1 amide bonds. The summed E-state index contributed by atoms with van der Waals surface area (Å²) >= 11 is 1.48. The highest BCUT2D eigenvalue weighted by atomic mass is 32.1. The van der Waals surface area contributed by atoms with Crippen molar-refractivity contribution in [3.63, 3.8) is 0 Å². The number of nitriles is 1. The van der Waals surface area contributed by atoms with E-state index in [4.69, 9.17) is 14.7 Å². The highest BCUT2D eigenvalue weighted by molar-refractivity contribution is 7.10. The molecule has 0 radical (unpaired) electrons. The Balaban J connectivity index is 1.94. The molecule has 0 aliphatic carbocycles. The third-order valence-corrected chi connectivity index (χ3v) is 4.16. The van der Waals surface area contributed by atoms with E-state index in [-0.39, 0.29) is 11.5 Å². The molecule has 0 atom stereocenters. The largest absolute Gasteiger partial charge is 0.493 e. The van der Waals surface area contributed by atoms with Crippen LogP contribution < -0.4 is 14.8 Å². The number of methoxy groups -OCH3 is 2. The van der Waals surface area contributed by atoms with Crippen molar-refractivity contribution in [2.45, 2.75) is 6.42 Å². The first kappa shape index (κ1) is 17.6. The van der Waals surface area contributed by atoms with Crippen LogP contribution in [0, 0.1) is 11.3 Å². The number of ether oxygens (including phenoxy) is 2. The summed E-state index contributed by atoms with van der Waals surface area (Å²) in [6.45, 7) is 0.428. The number of thiophene rings is 1. The Bertz CT molecular complexity index is 761. The number of benzene rings is 1. The van der Waals surface area contributed by atoms with Crippen molar-refractivity contribution in [3.8, 4) is 17.6 Å². The fourth-order valence-corrected chi connectivity index (χ4v) is 2.77. The molecular weight excluding hydrogens is 324 g/mol. The van der Waals surface area contributed by atoms with Crippen LogP contribution in [0.4, 0.5) is 0 Å². The van der Waals surface area contributed by atoms with Gasteiger partial charge in [-0.1, -0.05) is 12.1 Å². The maximum absolute atomic E-state index is 12.1. The first-order valence-corrected chi connectivity index (χ1v) is 8.20. The van der Waals surface area contributed by atoms with E-state index in [9.17, 15) is 4.79 Å². The fraction of sp³-hybridized carbons (Fsp3) is 0.222. The van der Waals surface area contributed by atoms with Crippen molar-refractivity contribution in [2.75, 3.05) is 20.8 Å². The van der Waals surface area contributed by atoms with Crippen LogP contribution in [-0.2, 0) is 11.2 Å². The second-order valence-corrected chi connectivity index (χ2v) is 5.86. The summed E-state index contributed by atoms with van der Waals surface area (Å²) in [7, 11) is 3.17. The summed E-state index contributed by atoms with van der Waals surface area (Å²) in [5, 5.41) is 13.8. The van der Waals surface area contributed by atoms with E-state index in [1.165, 1.54) is 11.3 Å². The molecule has 0 aliphatic heterocycles. The Morgan fingerprint density at radius 2 is 2.08 bits per heavy atom. The van der Waals surface area contributed by atoms with Gasteiger partial charge in [-0.15, -0.1) is 11.3 Å². The highest BCUT2D eigenvalue weighted by Gasteiger charge is 2.09. The Morgan fingerprint density at radius 3 is 2.71 bits per heavy atom. The molecule has 0 saturated heterocycles. The number of hydrogen-bond acceptors (Lipinski definition) is 5. The SMILES string of the molecule is COc1ccc(CCNC(=O)/C(C#N)=C/c2cccs2)cc1OC. The van der Waals surface area contributed by atoms with Crippen LogP contribution in [0.15, 0.2) is 41.3 Å². The van der Waals surface area contributed by atoms with Gasteiger partial charge in [0.2, 0.25) is 0 Å². The van der Waals surface area contributed by atoms with Crippen LogP contribution in [0.5, 0.6) is 11.5 Å². The van der Waals surface area contributed by atoms with Gasteiger partial charge in [0.1, 0.15) is 11.6 Å². The van der Waals surface area contributed by atoms with E-state index >= 15 is 0 Å². The Kier molecular flexibility index (Phi) is 6.41. The van der Waals surface area contributed by atoms with Gasteiger partial charge < -0.3 is 14.8 Å². The van der Waals surface area contributed by atoms with E-state index < -0.39 is 0 Å². The zero-order valence-corrected chi connectivity index (χ0v) is 14.4. The molecule has 24 heavy (non-hydrogen) atoms. The molecule has 1 heterocycles. The highest BCUT2D eigenvalue weighted by Crippen LogP contribution is 2.27. The lowest BCUT2D eigenvalue weighted by Crippen LogP contribution is -2.26. The molecule has 124 valence electrons. The van der Waals surface area contributed by atoms with Gasteiger partial charge in [0.25, 0.3) is 5.91 Å². The van der Waals surface area contributed by atoms with Crippen molar-refractivity contribution in [2.24, 2.45) is 0 Å². The zero-order valence-electron chi connectivity index (χ0n) is 13.5. The normalized spacial score (nSPS) is 10.8. The van der Waals surface area contributed by atoms with Crippen molar-refractivity contribution in [1.82, 2.24) is 5.32 Å². The minimum atomic E-state index is -0.369. The molecule has 5 nitrogen and oxygen atoms in total.